The molecule has 0 atom stereocenters. The van der Waals surface area contributed by atoms with Gasteiger partial charge in [0.25, 0.3) is 5.91 Å². The standard InChI is InChI=1S/C27H36N6O4.ClH/c1-18(2)28-10-11-29-25(34)16-32(22-13-23-24(12-19(22)3)37-27(36)30(23)4)17-26(35)31(5)33-14-20-8-6-7-9-21(20)15-33;/h6-9,12-13,18,28H,10-11,14-17H2,1-5H3,(H,29,34);1H. The maximum Gasteiger partial charge on any atom is 0.419 e. The number of carbonyl (C=O) groups is 2. The Morgan fingerprint density at radius 3 is 2.37 bits per heavy atom. The van der Waals surface area contributed by atoms with E-state index < -0.39 is 5.76 Å². The Morgan fingerprint density at radius 1 is 1.08 bits per heavy atom. The highest BCUT2D eigenvalue weighted by Crippen LogP contribution is 2.27. The Balaban J connectivity index is 0.00000400. The van der Waals surface area contributed by atoms with Gasteiger partial charge in [-0.2, -0.15) is 0 Å². The van der Waals surface area contributed by atoms with Crippen molar-refractivity contribution < 1.29 is 14.0 Å². The van der Waals surface area contributed by atoms with E-state index in [4.69, 9.17) is 4.42 Å². The van der Waals surface area contributed by atoms with E-state index in [0.29, 0.717) is 49.0 Å². The first kappa shape index (κ1) is 29.2. The molecule has 2 aromatic carbocycles. The predicted molar refractivity (Wildman–Crippen MR) is 150 cm³/mol. The summed E-state index contributed by atoms with van der Waals surface area (Å²) < 4.78 is 6.74. The van der Waals surface area contributed by atoms with Crippen LogP contribution in [0.5, 0.6) is 0 Å². The lowest BCUT2D eigenvalue weighted by molar-refractivity contribution is -0.145. The average Bonchev–Trinajstić information content (AvgIpc) is 3.40. The Morgan fingerprint density at radius 2 is 1.74 bits per heavy atom. The van der Waals surface area contributed by atoms with Crippen LogP contribution in [0.15, 0.2) is 45.6 Å². The quantitative estimate of drug-likeness (QED) is 0.377. The molecule has 2 amide bonds. The van der Waals surface area contributed by atoms with E-state index in [0.717, 1.165) is 5.56 Å². The zero-order valence-corrected chi connectivity index (χ0v) is 23.4. The molecule has 0 spiro atoms. The van der Waals surface area contributed by atoms with Crippen molar-refractivity contribution in [1.29, 1.82) is 0 Å². The van der Waals surface area contributed by atoms with Crippen molar-refractivity contribution in [2.75, 3.05) is 38.1 Å². The van der Waals surface area contributed by atoms with Crippen LogP contribution in [0.3, 0.4) is 0 Å². The van der Waals surface area contributed by atoms with Crippen LogP contribution in [0.2, 0.25) is 0 Å². The van der Waals surface area contributed by atoms with Gasteiger partial charge >= 0.3 is 5.76 Å². The summed E-state index contributed by atoms with van der Waals surface area (Å²) in [6.45, 7) is 8.43. The van der Waals surface area contributed by atoms with Crippen LogP contribution < -0.4 is 21.3 Å². The molecule has 0 aliphatic carbocycles. The fourth-order valence-electron chi connectivity index (χ4n) is 4.57. The fourth-order valence-corrected chi connectivity index (χ4v) is 4.57. The summed E-state index contributed by atoms with van der Waals surface area (Å²) in [5.74, 6) is -0.782. The van der Waals surface area contributed by atoms with Crippen molar-refractivity contribution in [2.24, 2.45) is 7.05 Å². The van der Waals surface area contributed by atoms with Crippen LogP contribution >= 0.6 is 12.4 Å². The molecule has 38 heavy (non-hydrogen) atoms. The van der Waals surface area contributed by atoms with Gasteiger partial charge in [-0.15, -0.1) is 12.4 Å². The Hall–Kier alpha value is -3.34. The normalized spacial score (nSPS) is 12.9. The zero-order valence-electron chi connectivity index (χ0n) is 22.6. The molecule has 0 fully saturated rings. The lowest BCUT2D eigenvalue weighted by atomic mass is 10.1. The monoisotopic (exact) mass is 544 g/mol. The van der Waals surface area contributed by atoms with E-state index in [1.165, 1.54) is 15.7 Å². The number of hydrogen-bond donors (Lipinski definition) is 2. The minimum atomic E-state index is -0.460. The molecule has 10 nitrogen and oxygen atoms in total. The first-order valence-electron chi connectivity index (χ1n) is 12.6. The molecule has 11 heteroatoms. The number of carbonyl (C=O) groups excluding carboxylic acids is 2. The third kappa shape index (κ3) is 6.56. The molecule has 0 saturated heterocycles. The largest absolute Gasteiger partial charge is 0.419 e. The number of rotatable bonds is 10. The molecule has 0 unspecified atom stereocenters. The predicted octanol–water partition coefficient (Wildman–Crippen LogP) is 2.17. The molecule has 2 N–H and O–H groups in total. The number of benzene rings is 2. The SMILES string of the molecule is Cc1cc2oc(=O)n(C)c2cc1N(CC(=O)NCCNC(C)C)CC(=O)N(C)N1Cc2ccccc2C1.Cl. The number of amides is 2. The van der Waals surface area contributed by atoms with Crippen LogP contribution in [0.4, 0.5) is 5.69 Å². The summed E-state index contributed by atoms with van der Waals surface area (Å²) in [7, 11) is 3.40. The van der Waals surface area contributed by atoms with Crippen molar-refractivity contribution in [1.82, 2.24) is 25.2 Å². The van der Waals surface area contributed by atoms with Crippen LogP contribution in [0.25, 0.3) is 11.1 Å². The molecule has 0 bridgehead atoms. The smallest absolute Gasteiger partial charge is 0.408 e. The van der Waals surface area contributed by atoms with Gasteiger partial charge < -0.3 is 20.0 Å². The molecular formula is C27H37ClN6O4. The van der Waals surface area contributed by atoms with E-state index in [-0.39, 0.29) is 37.3 Å². The lowest BCUT2D eigenvalue weighted by Gasteiger charge is -2.32. The van der Waals surface area contributed by atoms with E-state index >= 15 is 0 Å². The molecule has 1 aromatic heterocycles. The van der Waals surface area contributed by atoms with Crippen molar-refractivity contribution in [2.45, 2.75) is 39.9 Å². The Bertz CT molecular complexity index is 1330. The summed E-state index contributed by atoms with van der Waals surface area (Å²) in [4.78, 5) is 40.2. The number of anilines is 1. The summed E-state index contributed by atoms with van der Waals surface area (Å²) in [6, 6.07) is 12.1. The number of fused-ring (bicyclic) bond motifs is 2. The molecule has 1 aliphatic heterocycles. The minimum Gasteiger partial charge on any atom is -0.408 e. The Kier molecular flexibility index (Phi) is 9.59. The minimum absolute atomic E-state index is 0. The van der Waals surface area contributed by atoms with Gasteiger partial charge in [-0.05, 0) is 35.7 Å². The first-order valence-corrected chi connectivity index (χ1v) is 12.6. The number of aromatic nitrogens is 1. The van der Waals surface area contributed by atoms with Crippen molar-refractivity contribution in [3.8, 4) is 0 Å². The van der Waals surface area contributed by atoms with Gasteiger partial charge in [0.15, 0.2) is 5.58 Å². The molecule has 0 saturated carbocycles. The molecule has 4 rings (SSSR count). The van der Waals surface area contributed by atoms with Gasteiger partial charge in [0.1, 0.15) is 0 Å². The second-order valence-corrected chi connectivity index (χ2v) is 9.86. The number of oxazole rings is 1. The van der Waals surface area contributed by atoms with Crippen molar-refractivity contribution >= 4 is 41.0 Å². The lowest BCUT2D eigenvalue weighted by Crippen LogP contribution is -2.48. The number of hydrogen-bond acceptors (Lipinski definition) is 7. The maximum atomic E-state index is 13.5. The first-order chi connectivity index (χ1) is 17.6. The fraction of sp³-hybridized carbons (Fsp3) is 0.444. The molecule has 3 aromatic rings. The highest BCUT2D eigenvalue weighted by molar-refractivity contribution is 5.89. The van der Waals surface area contributed by atoms with E-state index in [9.17, 15) is 14.4 Å². The third-order valence-corrected chi connectivity index (χ3v) is 6.72. The molecule has 206 valence electrons. The van der Waals surface area contributed by atoms with Crippen LogP contribution in [-0.2, 0) is 29.7 Å². The number of nitrogens with zero attached hydrogens (tertiary/aromatic N) is 4. The van der Waals surface area contributed by atoms with Gasteiger partial charge in [-0.25, -0.2) is 9.80 Å². The average molecular weight is 545 g/mol. The van der Waals surface area contributed by atoms with Crippen LogP contribution in [0, 0.1) is 6.92 Å². The number of aryl methyl sites for hydroxylation is 2. The molecular weight excluding hydrogens is 508 g/mol. The van der Waals surface area contributed by atoms with Gasteiger partial charge in [0.05, 0.1) is 18.6 Å². The highest BCUT2D eigenvalue weighted by atomic mass is 35.5. The molecule has 0 radical (unpaired) electrons. The summed E-state index contributed by atoms with van der Waals surface area (Å²) >= 11 is 0. The molecule has 1 aliphatic rings. The maximum absolute atomic E-state index is 13.5. The second kappa shape index (κ2) is 12.5. The van der Waals surface area contributed by atoms with E-state index in [2.05, 4.69) is 22.8 Å². The summed E-state index contributed by atoms with van der Waals surface area (Å²) in [6.07, 6.45) is 0. The van der Waals surface area contributed by atoms with E-state index in [1.807, 2.05) is 44.0 Å². The summed E-state index contributed by atoms with van der Waals surface area (Å²) in [5, 5.41) is 9.84. The Labute approximate surface area is 228 Å². The van der Waals surface area contributed by atoms with Gasteiger partial charge in [0, 0.05) is 52.0 Å². The van der Waals surface area contributed by atoms with Crippen molar-refractivity contribution in [3.05, 3.63) is 63.6 Å². The van der Waals surface area contributed by atoms with E-state index in [1.54, 1.807) is 30.1 Å². The number of likely N-dealkylation sites (N-methyl/N-ethyl adjacent to an activating group) is 1. The third-order valence-electron chi connectivity index (χ3n) is 6.72. The number of nitrogens with one attached hydrogen (secondary N) is 2. The van der Waals surface area contributed by atoms with Gasteiger partial charge in [-0.1, -0.05) is 38.1 Å². The van der Waals surface area contributed by atoms with Crippen LogP contribution in [-0.4, -0.2) is 65.7 Å². The van der Waals surface area contributed by atoms with Crippen LogP contribution in [0.1, 0.15) is 30.5 Å². The van der Waals surface area contributed by atoms with Gasteiger partial charge in [-0.3, -0.25) is 19.2 Å². The second-order valence-electron chi connectivity index (χ2n) is 9.86. The summed E-state index contributed by atoms with van der Waals surface area (Å²) in [5.41, 5.74) is 4.99. The number of hydrazine groups is 1. The highest BCUT2D eigenvalue weighted by Gasteiger charge is 2.27. The van der Waals surface area contributed by atoms with Gasteiger partial charge in [0.2, 0.25) is 5.91 Å². The molecule has 2 heterocycles. The van der Waals surface area contributed by atoms with Crippen molar-refractivity contribution in [3.63, 3.8) is 0 Å². The zero-order chi connectivity index (χ0) is 26.7. The topological polar surface area (TPSA) is 103 Å². The number of halogens is 1.